The maximum absolute atomic E-state index is 11.7. The van der Waals surface area contributed by atoms with E-state index < -0.39 is 11.9 Å². The molecule has 0 aromatic carbocycles. The van der Waals surface area contributed by atoms with Crippen molar-refractivity contribution in [2.75, 3.05) is 0 Å². The van der Waals surface area contributed by atoms with Crippen molar-refractivity contribution in [3.63, 3.8) is 0 Å². The number of pyridine rings is 1. The standard InChI is InChI=1S/C6H4F3N.CH4/c7-6(8,9)5-3-1-2-4-10-5;/h1-4H;1H4. The third-order valence-electron chi connectivity index (χ3n) is 0.955. The van der Waals surface area contributed by atoms with E-state index in [1.165, 1.54) is 12.1 Å². The molecule has 0 bridgehead atoms. The summed E-state index contributed by atoms with van der Waals surface area (Å²) >= 11 is 0. The van der Waals surface area contributed by atoms with E-state index >= 15 is 0 Å². The largest absolute Gasteiger partial charge is 0.433 e. The highest BCUT2D eigenvalue weighted by atomic mass is 19.4. The fraction of sp³-hybridized carbons (Fsp3) is 0.286. The average Bonchev–Trinajstić information content (AvgIpc) is 1.88. The second kappa shape index (κ2) is 3.37. The minimum absolute atomic E-state index is 0. The summed E-state index contributed by atoms with van der Waals surface area (Å²) < 4.78 is 35.2. The van der Waals surface area contributed by atoms with E-state index in [0.717, 1.165) is 12.3 Å². The van der Waals surface area contributed by atoms with E-state index in [9.17, 15) is 13.2 Å². The summed E-state index contributed by atoms with van der Waals surface area (Å²) in [5.74, 6) is 0. The van der Waals surface area contributed by atoms with Gasteiger partial charge in [-0.25, -0.2) is 0 Å². The van der Waals surface area contributed by atoms with Crippen LogP contribution in [-0.4, -0.2) is 4.98 Å². The number of rotatable bonds is 0. The van der Waals surface area contributed by atoms with Crippen LogP contribution in [0, 0.1) is 0 Å². The highest BCUT2D eigenvalue weighted by Gasteiger charge is 2.31. The van der Waals surface area contributed by atoms with Crippen LogP contribution in [0.1, 0.15) is 13.1 Å². The second-order valence-corrected chi connectivity index (χ2v) is 1.71. The van der Waals surface area contributed by atoms with Gasteiger partial charge in [-0.3, -0.25) is 4.98 Å². The lowest BCUT2D eigenvalue weighted by Gasteiger charge is -2.02. The minimum Gasteiger partial charge on any atom is -0.252 e. The molecule has 0 amide bonds. The Morgan fingerprint density at radius 1 is 1.18 bits per heavy atom. The van der Waals surface area contributed by atoms with Crippen molar-refractivity contribution in [3.05, 3.63) is 30.1 Å². The van der Waals surface area contributed by atoms with Crippen LogP contribution in [0.25, 0.3) is 0 Å². The van der Waals surface area contributed by atoms with Gasteiger partial charge in [0.15, 0.2) is 0 Å². The Kier molecular flexibility index (Phi) is 3.04. The van der Waals surface area contributed by atoms with Gasteiger partial charge in [-0.15, -0.1) is 0 Å². The number of hydrogen-bond donors (Lipinski definition) is 0. The third kappa shape index (κ3) is 2.57. The van der Waals surface area contributed by atoms with Gasteiger partial charge in [0.05, 0.1) is 0 Å². The van der Waals surface area contributed by atoms with Crippen molar-refractivity contribution >= 4 is 0 Å². The van der Waals surface area contributed by atoms with Crippen LogP contribution in [0.4, 0.5) is 13.2 Å². The van der Waals surface area contributed by atoms with Crippen LogP contribution in [0.15, 0.2) is 24.4 Å². The van der Waals surface area contributed by atoms with Crippen LogP contribution < -0.4 is 0 Å². The van der Waals surface area contributed by atoms with Gasteiger partial charge in [0, 0.05) is 6.20 Å². The van der Waals surface area contributed by atoms with Crippen molar-refractivity contribution in [3.8, 4) is 0 Å². The molecule has 0 aliphatic rings. The summed E-state index contributed by atoms with van der Waals surface area (Å²) in [6.45, 7) is 0. The summed E-state index contributed by atoms with van der Waals surface area (Å²) in [6, 6.07) is 3.67. The quantitative estimate of drug-likeness (QED) is 0.573. The van der Waals surface area contributed by atoms with Gasteiger partial charge in [0.25, 0.3) is 0 Å². The normalized spacial score (nSPS) is 10.5. The molecule has 0 unspecified atom stereocenters. The monoisotopic (exact) mass is 163 g/mol. The zero-order valence-corrected chi connectivity index (χ0v) is 4.89. The number of nitrogens with zero attached hydrogens (tertiary/aromatic N) is 1. The van der Waals surface area contributed by atoms with Crippen LogP contribution in [0.5, 0.6) is 0 Å². The van der Waals surface area contributed by atoms with E-state index in [1.807, 2.05) is 0 Å². The van der Waals surface area contributed by atoms with Crippen molar-refractivity contribution < 1.29 is 13.2 Å². The van der Waals surface area contributed by atoms with Crippen molar-refractivity contribution in [2.24, 2.45) is 0 Å². The first-order valence-electron chi connectivity index (χ1n) is 2.59. The van der Waals surface area contributed by atoms with Crippen LogP contribution in [-0.2, 0) is 6.18 Å². The summed E-state index contributed by atoms with van der Waals surface area (Å²) in [5.41, 5.74) is -0.852. The molecule has 1 heterocycles. The van der Waals surface area contributed by atoms with Gasteiger partial charge in [0.1, 0.15) is 5.69 Å². The molecule has 0 aliphatic carbocycles. The van der Waals surface area contributed by atoms with E-state index in [2.05, 4.69) is 4.98 Å². The Hall–Kier alpha value is -1.06. The molecule has 0 aliphatic heterocycles. The van der Waals surface area contributed by atoms with Crippen LogP contribution >= 0.6 is 0 Å². The fourth-order valence-electron chi connectivity index (χ4n) is 0.530. The molecule has 4 heteroatoms. The molecule has 0 N–H and O–H groups in total. The molecular weight excluding hydrogens is 155 g/mol. The summed E-state index contributed by atoms with van der Waals surface area (Å²) in [6.07, 6.45) is -3.20. The Morgan fingerprint density at radius 3 is 2.09 bits per heavy atom. The fourth-order valence-corrected chi connectivity index (χ4v) is 0.530. The first-order valence-corrected chi connectivity index (χ1v) is 2.59. The molecule has 0 saturated heterocycles. The molecule has 11 heavy (non-hydrogen) atoms. The summed E-state index contributed by atoms with van der Waals surface area (Å²) in [7, 11) is 0. The zero-order valence-electron chi connectivity index (χ0n) is 4.89. The van der Waals surface area contributed by atoms with Crippen molar-refractivity contribution in [1.82, 2.24) is 4.98 Å². The molecule has 0 fully saturated rings. The molecule has 62 valence electrons. The molecule has 0 radical (unpaired) electrons. The topological polar surface area (TPSA) is 12.9 Å². The summed E-state index contributed by atoms with van der Waals surface area (Å²) in [4.78, 5) is 3.12. The van der Waals surface area contributed by atoms with E-state index in [4.69, 9.17) is 0 Å². The predicted octanol–water partition coefficient (Wildman–Crippen LogP) is 2.74. The highest BCUT2D eigenvalue weighted by molar-refractivity contribution is 5.06. The molecule has 0 spiro atoms. The number of alkyl halides is 3. The van der Waals surface area contributed by atoms with E-state index in [1.54, 1.807) is 0 Å². The average molecular weight is 163 g/mol. The molecule has 1 nitrogen and oxygen atoms in total. The van der Waals surface area contributed by atoms with Crippen molar-refractivity contribution in [1.29, 1.82) is 0 Å². The lowest BCUT2D eigenvalue weighted by atomic mass is 10.3. The maximum atomic E-state index is 11.7. The van der Waals surface area contributed by atoms with Crippen LogP contribution in [0.3, 0.4) is 0 Å². The van der Waals surface area contributed by atoms with Gasteiger partial charge >= 0.3 is 6.18 Å². The molecule has 0 saturated carbocycles. The smallest absolute Gasteiger partial charge is 0.252 e. The van der Waals surface area contributed by atoms with Gasteiger partial charge in [-0.1, -0.05) is 13.5 Å². The van der Waals surface area contributed by atoms with Gasteiger partial charge < -0.3 is 0 Å². The lowest BCUT2D eigenvalue weighted by molar-refractivity contribution is -0.141. The zero-order chi connectivity index (χ0) is 7.61. The third-order valence-corrected chi connectivity index (χ3v) is 0.955. The predicted molar refractivity (Wildman–Crippen MR) is 36.0 cm³/mol. The molecular formula is C7H8F3N. The van der Waals surface area contributed by atoms with E-state index in [-0.39, 0.29) is 7.43 Å². The molecule has 0 atom stereocenters. The molecule has 1 aromatic rings. The number of hydrogen-bond acceptors (Lipinski definition) is 1. The van der Waals surface area contributed by atoms with Gasteiger partial charge in [0.2, 0.25) is 0 Å². The minimum atomic E-state index is -4.32. The Bertz CT molecular complexity index is 205. The number of halogens is 3. The first-order chi connectivity index (χ1) is 4.61. The van der Waals surface area contributed by atoms with E-state index in [0.29, 0.717) is 0 Å². The van der Waals surface area contributed by atoms with Crippen molar-refractivity contribution in [2.45, 2.75) is 13.6 Å². The Labute approximate surface area is 62.9 Å². The summed E-state index contributed by atoms with van der Waals surface area (Å²) in [5, 5.41) is 0. The second-order valence-electron chi connectivity index (χ2n) is 1.71. The van der Waals surface area contributed by atoms with Gasteiger partial charge in [-0.05, 0) is 12.1 Å². The SMILES string of the molecule is C.FC(F)(F)c1ccccn1. The Morgan fingerprint density at radius 2 is 1.82 bits per heavy atom. The molecule has 1 rings (SSSR count). The lowest BCUT2D eigenvalue weighted by Crippen LogP contribution is -2.06. The Balaban J connectivity index is 0.000001000. The maximum Gasteiger partial charge on any atom is 0.433 e. The first kappa shape index (κ1) is 9.94. The van der Waals surface area contributed by atoms with Gasteiger partial charge in [-0.2, -0.15) is 13.2 Å². The molecule has 1 aromatic heterocycles. The number of aromatic nitrogens is 1. The highest BCUT2D eigenvalue weighted by Crippen LogP contribution is 2.26. The van der Waals surface area contributed by atoms with Crippen LogP contribution in [0.2, 0.25) is 0 Å².